The Balaban J connectivity index is 1.62. The van der Waals surface area contributed by atoms with Gasteiger partial charge in [-0.05, 0) is 76.3 Å². The molecule has 3 N–H and O–H groups in total. The van der Waals surface area contributed by atoms with Crippen molar-refractivity contribution >= 4 is 17.7 Å². The Morgan fingerprint density at radius 3 is 2.71 bits per heavy atom. The maximum absolute atomic E-state index is 13.2. The monoisotopic (exact) mass is 472 g/mol. The number of allylic oxidation sites excluding steroid dienone is 3. The number of carbonyl (C=O) groups is 3. The average Bonchev–Trinajstić information content (AvgIpc) is 3.12. The van der Waals surface area contributed by atoms with Crippen LogP contribution in [-0.4, -0.2) is 63.2 Å². The Morgan fingerprint density at radius 2 is 2.06 bits per heavy atom. The van der Waals surface area contributed by atoms with E-state index in [0.29, 0.717) is 29.7 Å². The Labute approximate surface area is 200 Å². The number of carboxylic acids is 1. The van der Waals surface area contributed by atoms with E-state index in [2.05, 4.69) is 22.5 Å². The van der Waals surface area contributed by atoms with Crippen molar-refractivity contribution in [2.45, 2.75) is 90.0 Å². The van der Waals surface area contributed by atoms with E-state index >= 15 is 0 Å². The van der Waals surface area contributed by atoms with Crippen LogP contribution in [0.3, 0.4) is 0 Å². The van der Waals surface area contributed by atoms with E-state index in [4.69, 9.17) is 4.74 Å². The van der Waals surface area contributed by atoms with Gasteiger partial charge in [-0.15, -0.1) is 0 Å². The fraction of sp³-hybridized carbons (Fsp3) is 0.654. The first-order valence-electron chi connectivity index (χ1n) is 12.2. The van der Waals surface area contributed by atoms with E-state index in [1.807, 2.05) is 0 Å². The molecule has 186 valence electrons. The summed E-state index contributed by atoms with van der Waals surface area (Å²) in [6, 6.07) is 0.597. The molecule has 1 fully saturated rings. The summed E-state index contributed by atoms with van der Waals surface area (Å²) in [4.78, 5) is 40.0. The third-order valence-electron chi connectivity index (χ3n) is 7.60. The summed E-state index contributed by atoms with van der Waals surface area (Å²) in [6.45, 7) is 7.67. The van der Waals surface area contributed by atoms with Crippen LogP contribution in [0.4, 0.5) is 0 Å². The molecule has 0 aromatic heterocycles. The van der Waals surface area contributed by atoms with Crippen LogP contribution in [0.2, 0.25) is 0 Å². The summed E-state index contributed by atoms with van der Waals surface area (Å²) in [5, 5.41) is 24.3. The number of aliphatic carboxylic acids is 1. The molecule has 4 rings (SSSR count). The van der Waals surface area contributed by atoms with Crippen molar-refractivity contribution < 1.29 is 29.3 Å². The van der Waals surface area contributed by atoms with Crippen LogP contribution in [0, 0.1) is 11.3 Å². The number of ketones is 1. The second kappa shape index (κ2) is 8.87. The molecule has 4 aliphatic rings. The van der Waals surface area contributed by atoms with Gasteiger partial charge in [-0.25, -0.2) is 0 Å². The van der Waals surface area contributed by atoms with E-state index in [1.54, 1.807) is 27.7 Å². The predicted octanol–water partition coefficient (Wildman–Crippen LogP) is 2.68. The Hall–Kier alpha value is -2.61. The number of fused-ring (bicyclic) bond motifs is 3. The molecule has 0 amide bonds. The minimum absolute atomic E-state index is 0.0603. The lowest BCUT2D eigenvalue weighted by atomic mass is 9.76. The molecule has 0 radical (unpaired) electrons. The largest absolute Gasteiger partial charge is 0.481 e. The third kappa shape index (κ3) is 4.52. The molecule has 0 aromatic rings. The first-order chi connectivity index (χ1) is 15.9. The van der Waals surface area contributed by atoms with Gasteiger partial charge < -0.3 is 25.2 Å². The Morgan fingerprint density at radius 1 is 1.32 bits per heavy atom. The van der Waals surface area contributed by atoms with E-state index in [0.717, 1.165) is 31.4 Å². The van der Waals surface area contributed by atoms with Gasteiger partial charge in [0.2, 0.25) is 5.78 Å². The molecule has 1 saturated heterocycles. The van der Waals surface area contributed by atoms with Gasteiger partial charge in [-0.3, -0.25) is 14.4 Å². The molecule has 0 aromatic carbocycles. The number of esters is 1. The topological polar surface area (TPSA) is 116 Å². The zero-order valence-corrected chi connectivity index (χ0v) is 20.5. The number of ether oxygens (including phenoxy) is 1. The summed E-state index contributed by atoms with van der Waals surface area (Å²) in [5.41, 5.74) is -0.649. The molecule has 3 aliphatic heterocycles. The molecule has 0 bridgehead atoms. The van der Waals surface area contributed by atoms with Crippen LogP contribution in [0.15, 0.2) is 35.2 Å². The van der Waals surface area contributed by atoms with Gasteiger partial charge in [0.05, 0.1) is 23.6 Å². The number of rotatable bonds is 6. The van der Waals surface area contributed by atoms with Crippen LogP contribution in [0.25, 0.3) is 0 Å². The van der Waals surface area contributed by atoms with Gasteiger partial charge >= 0.3 is 11.9 Å². The number of carbonyl (C=O) groups excluding carboxylic acids is 2. The van der Waals surface area contributed by atoms with Crippen molar-refractivity contribution in [3.8, 4) is 0 Å². The van der Waals surface area contributed by atoms with Crippen LogP contribution >= 0.6 is 0 Å². The van der Waals surface area contributed by atoms with Gasteiger partial charge in [-0.1, -0.05) is 13.0 Å². The van der Waals surface area contributed by atoms with E-state index in [1.165, 1.54) is 6.08 Å². The summed E-state index contributed by atoms with van der Waals surface area (Å²) in [6.07, 6.45) is 7.25. The molecular weight excluding hydrogens is 436 g/mol. The van der Waals surface area contributed by atoms with E-state index < -0.39 is 35.5 Å². The molecular formula is C26H36N2O6. The number of nitrogens with one attached hydrogen (secondary N) is 1. The highest BCUT2D eigenvalue weighted by molar-refractivity contribution is 6.06. The molecule has 8 heteroatoms. The highest BCUT2D eigenvalue weighted by atomic mass is 16.6. The highest BCUT2D eigenvalue weighted by Gasteiger charge is 2.48. The summed E-state index contributed by atoms with van der Waals surface area (Å²) < 4.78 is 5.77. The van der Waals surface area contributed by atoms with Gasteiger partial charge in [0.25, 0.3) is 0 Å². The van der Waals surface area contributed by atoms with Crippen LogP contribution in [-0.2, 0) is 19.1 Å². The van der Waals surface area contributed by atoms with Crippen molar-refractivity contribution in [1.82, 2.24) is 10.2 Å². The number of aliphatic hydroxyl groups is 1. The number of hydrogen-bond donors (Lipinski definition) is 3. The maximum Gasteiger partial charge on any atom is 0.311 e. The van der Waals surface area contributed by atoms with Crippen molar-refractivity contribution in [2.75, 3.05) is 6.54 Å². The van der Waals surface area contributed by atoms with Gasteiger partial charge in [0.15, 0.2) is 6.10 Å². The lowest BCUT2D eigenvalue weighted by Crippen LogP contribution is -2.51. The lowest BCUT2D eigenvalue weighted by molar-refractivity contribution is -0.175. The van der Waals surface area contributed by atoms with Crippen LogP contribution < -0.4 is 5.32 Å². The fourth-order valence-corrected chi connectivity index (χ4v) is 5.72. The first kappa shape index (κ1) is 24.5. The molecule has 3 heterocycles. The third-order valence-corrected chi connectivity index (χ3v) is 7.60. The van der Waals surface area contributed by atoms with Crippen LogP contribution in [0.5, 0.6) is 0 Å². The number of hydrogen-bond acceptors (Lipinski definition) is 7. The van der Waals surface area contributed by atoms with Gasteiger partial charge in [0, 0.05) is 18.5 Å². The molecule has 5 unspecified atom stereocenters. The molecule has 8 nitrogen and oxygen atoms in total. The molecule has 34 heavy (non-hydrogen) atoms. The maximum atomic E-state index is 13.2. The predicted molar refractivity (Wildman–Crippen MR) is 125 cm³/mol. The summed E-state index contributed by atoms with van der Waals surface area (Å²) in [7, 11) is 0. The van der Waals surface area contributed by atoms with Crippen LogP contribution in [0.1, 0.15) is 66.2 Å². The molecule has 0 spiro atoms. The molecule has 1 aliphatic carbocycles. The molecule has 0 saturated carbocycles. The average molecular weight is 473 g/mol. The summed E-state index contributed by atoms with van der Waals surface area (Å²) in [5.74, 6) is -1.59. The normalized spacial score (nSPS) is 28.7. The number of nitrogens with zero attached hydrogens (tertiary/aromatic N) is 1. The van der Waals surface area contributed by atoms with Crippen molar-refractivity contribution in [3.05, 3.63) is 35.2 Å². The number of carboxylic acid groups (broad SMARTS) is 1. The van der Waals surface area contributed by atoms with Gasteiger partial charge in [-0.2, -0.15) is 0 Å². The minimum Gasteiger partial charge on any atom is -0.481 e. The lowest BCUT2D eigenvalue weighted by Gasteiger charge is -2.40. The second-order valence-corrected chi connectivity index (χ2v) is 11.2. The Kier molecular flexibility index (Phi) is 6.40. The van der Waals surface area contributed by atoms with Crippen molar-refractivity contribution in [3.63, 3.8) is 0 Å². The van der Waals surface area contributed by atoms with E-state index in [9.17, 15) is 24.6 Å². The SMILES string of the molecule is CCC(O)(CC(=O)O)C(OC(=O)C(C)(C)C)C1=CC(=O)C2=C(C1)CC1CN3C=CCCC3C1N2. The quantitative estimate of drug-likeness (QED) is 0.506. The molecule has 5 atom stereocenters. The zero-order valence-electron chi connectivity index (χ0n) is 20.5. The van der Waals surface area contributed by atoms with E-state index in [-0.39, 0.29) is 18.2 Å². The van der Waals surface area contributed by atoms with Crippen molar-refractivity contribution in [2.24, 2.45) is 11.3 Å². The van der Waals surface area contributed by atoms with Crippen molar-refractivity contribution in [1.29, 1.82) is 0 Å². The first-order valence-corrected chi connectivity index (χ1v) is 12.2. The Bertz CT molecular complexity index is 974. The second-order valence-electron chi connectivity index (χ2n) is 11.2. The fourth-order valence-electron chi connectivity index (χ4n) is 5.72. The summed E-state index contributed by atoms with van der Waals surface area (Å²) >= 11 is 0. The zero-order chi connectivity index (χ0) is 24.8. The standard InChI is InChI=1S/C26H36N2O6/c1-5-26(33,13-20(30)31)23(34-24(32)25(2,3)4)16-10-15-11-17-14-28-9-7-6-8-18(28)21(17)27-22(15)19(29)12-16/h7,9,12,17-18,21,23,27,33H,5-6,8,10-11,13-14H2,1-4H3,(H,30,31). The van der Waals surface area contributed by atoms with Gasteiger partial charge in [0.1, 0.15) is 5.60 Å². The minimum atomic E-state index is -1.82. The smallest absolute Gasteiger partial charge is 0.311 e. The highest BCUT2D eigenvalue weighted by Crippen LogP contribution is 2.42.